The second kappa shape index (κ2) is 7.55. The van der Waals surface area contributed by atoms with Crippen LogP contribution in [0.5, 0.6) is 0 Å². The molecule has 1 unspecified atom stereocenters. The molecule has 1 aromatic heterocycles. The maximum absolute atomic E-state index is 13.1. The minimum atomic E-state index is -0.708. The van der Waals surface area contributed by atoms with E-state index in [1.54, 1.807) is 21.7 Å². The van der Waals surface area contributed by atoms with E-state index in [9.17, 15) is 14.0 Å². The first-order chi connectivity index (χ1) is 12.4. The van der Waals surface area contributed by atoms with E-state index in [2.05, 4.69) is 5.10 Å². The summed E-state index contributed by atoms with van der Waals surface area (Å²) in [5.41, 5.74) is 7.23. The molecule has 2 heterocycles. The summed E-state index contributed by atoms with van der Waals surface area (Å²) in [5.74, 6) is -0.983. The average Bonchev–Trinajstić information content (AvgIpc) is 3.05. The molecule has 1 atom stereocenters. The Morgan fingerprint density at radius 3 is 2.58 bits per heavy atom. The van der Waals surface area contributed by atoms with Gasteiger partial charge in [-0.05, 0) is 37.3 Å². The van der Waals surface area contributed by atoms with Crippen molar-refractivity contribution in [3.05, 3.63) is 48.0 Å². The fourth-order valence-electron chi connectivity index (χ4n) is 3.15. The number of rotatable bonds is 5. The Balaban J connectivity index is 1.65. The zero-order valence-corrected chi connectivity index (χ0v) is 14.6. The summed E-state index contributed by atoms with van der Waals surface area (Å²) in [7, 11) is 0. The quantitative estimate of drug-likeness (QED) is 0.860. The summed E-state index contributed by atoms with van der Waals surface area (Å²) in [6.07, 6.45) is 2.07. The first kappa shape index (κ1) is 17.9. The third kappa shape index (κ3) is 4.01. The summed E-state index contributed by atoms with van der Waals surface area (Å²) >= 11 is 0. The summed E-state index contributed by atoms with van der Waals surface area (Å²) < 4.78 is 14.8. The summed E-state index contributed by atoms with van der Waals surface area (Å²) in [5, 5.41) is 4.26. The van der Waals surface area contributed by atoms with Crippen LogP contribution in [0.3, 0.4) is 0 Å². The Morgan fingerprint density at radius 2 is 1.96 bits per heavy atom. The molecule has 8 heteroatoms. The lowest BCUT2D eigenvalue weighted by Crippen LogP contribution is -2.60. The number of primary amides is 1. The van der Waals surface area contributed by atoms with E-state index in [4.69, 9.17) is 5.73 Å². The van der Waals surface area contributed by atoms with Gasteiger partial charge in [0.05, 0.1) is 5.69 Å². The normalized spacial score (nSPS) is 17.4. The second-order valence-electron chi connectivity index (χ2n) is 6.40. The van der Waals surface area contributed by atoms with Crippen LogP contribution in [0, 0.1) is 12.7 Å². The smallest absolute Gasteiger partial charge is 0.242 e. The zero-order valence-electron chi connectivity index (χ0n) is 14.6. The molecule has 1 aliphatic rings. The molecule has 2 N–H and O–H groups in total. The highest BCUT2D eigenvalue weighted by Crippen LogP contribution is 2.20. The average molecular weight is 359 g/mol. The molecule has 26 heavy (non-hydrogen) atoms. The van der Waals surface area contributed by atoms with Crippen molar-refractivity contribution in [3.63, 3.8) is 0 Å². The number of aryl methyl sites for hydroxylation is 2. The minimum Gasteiger partial charge on any atom is -0.368 e. The number of benzene rings is 1. The van der Waals surface area contributed by atoms with Crippen LogP contribution in [0.15, 0.2) is 36.5 Å². The molecule has 1 aromatic carbocycles. The Kier molecular flexibility index (Phi) is 5.20. The first-order valence-corrected chi connectivity index (χ1v) is 8.53. The zero-order chi connectivity index (χ0) is 18.7. The van der Waals surface area contributed by atoms with Gasteiger partial charge in [-0.3, -0.25) is 14.3 Å². The summed E-state index contributed by atoms with van der Waals surface area (Å²) in [4.78, 5) is 28.0. The molecule has 1 aliphatic heterocycles. The highest BCUT2D eigenvalue weighted by Gasteiger charge is 2.34. The second-order valence-corrected chi connectivity index (χ2v) is 6.40. The van der Waals surface area contributed by atoms with E-state index in [1.165, 1.54) is 12.1 Å². The first-order valence-electron chi connectivity index (χ1n) is 8.53. The number of hydrogen-bond acceptors (Lipinski definition) is 4. The van der Waals surface area contributed by atoms with E-state index in [0.29, 0.717) is 26.2 Å². The number of carbonyl (C=O) groups is 2. The lowest BCUT2D eigenvalue weighted by molar-refractivity contribution is -0.140. The van der Waals surface area contributed by atoms with Crippen molar-refractivity contribution >= 4 is 17.5 Å². The van der Waals surface area contributed by atoms with Crippen LogP contribution < -0.4 is 10.6 Å². The van der Waals surface area contributed by atoms with Crippen LogP contribution >= 0.6 is 0 Å². The molecule has 3 rings (SSSR count). The van der Waals surface area contributed by atoms with Crippen molar-refractivity contribution in [2.24, 2.45) is 5.73 Å². The van der Waals surface area contributed by atoms with Crippen molar-refractivity contribution in [3.8, 4) is 0 Å². The van der Waals surface area contributed by atoms with Crippen LogP contribution in [0.4, 0.5) is 10.1 Å². The predicted molar refractivity (Wildman–Crippen MR) is 94.9 cm³/mol. The number of aromatic nitrogens is 2. The Labute approximate surface area is 151 Å². The Morgan fingerprint density at radius 1 is 1.23 bits per heavy atom. The molecule has 1 fully saturated rings. The lowest BCUT2D eigenvalue weighted by Gasteiger charge is -2.41. The summed E-state index contributed by atoms with van der Waals surface area (Å²) in [6.45, 7) is 3.59. The number of amides is 2. The van der Waals surface area contributed by atoms with Crippen LogP contribution in [0.25, 0.3) is 0 Å². The van der Waals surface area contributed by atoms with Crippen molar-refractivity contribution in [1.29, 1.82) is 0 Å². The van der Waals surface area contributed by atoms with Gasteiger partial charge in [0.25, 0.3) is 0 Å². The largest absolute Gasteiger partial charge is 0.368 e. The number of halogens is 1. The lowest BCUT2D eigenvalue weighted by atomic mass is 10.1. The van der Waals surface area contributed by atoms with Gasteiger partial charge in [-0.25, -0.2) is 4.39 Å². The van der Waals surface area contributed by atoms with E-state index < -0.39 is 11.9 Å². The van der Waals surface area contributed by atoms with Gasteiger partial charge in [0.15, 0.2) is 0 Å². The highest BCUT2D eigenvalue weighted by atomic mass is 19.1. The number of carbonyl (C=O) groups excluding carboxylic acids is 2. The number of nitrogens with zero attached hydrogens (tertiary/aromatic N) is 4. The number of anilines is 1. The molecule has 138 valence electrons. The van der Waals surface area contributed by atoms with Crippen LogP contribution in [-0.4, -0.2) is 52.2 Å². The van der Waals surface area contributed by atoms with Gasteiger partial charge < -0.3 is 15.5 Å². The van der Waals surface area contributed by atoms with Crippen molar-refractivity contribution in [2.75, 3.05) is 24.5 Å². The van der Waals surface area contributed by atoms with Gasteiger partial charge in [-0.2, -0.15) is 5.10 Å². The van der Waals surface area contributed by atoms with Gasteiger partial charge in [0, 0.05) is 44.5 Å². The van der Waals surface area contributed by atoms with Crippen molar-refractivity contribution in [2.45, 2.75) is 25.9 Å². The molecule has 0 radical (unpaired) electrons. The monoisotopic (exact) mass is 359 g/mol. The molecule has 1 saturated heterocycles. The van der Waals surface area contributed by atoms with Crippen molar-refractivity contribution < 1.29 is 14.0 Å². The third-order valence-corrected chi connectivity index (χ3v) is 4.55. The van der Waals surface area contributed by atoms with Gasteiger partial charge in [0.1, 0.15) is 11.9 Å². The molecule has 7 nitrogen and oxygen atoms in total. The van der Waals surface area contributed by atoms with Crippen molar-refractivity contribution in [1.82, 2.24) is 14.7 Å². The molecule has 0 spiro atoms. The highest BCUT2D eigenvalue weighted by molar-refractivity contribution is 5.87. The van der Waals surface area contributed by atoms with Gasteiger partial charge in [-0.15, -0.1) is 0 Å². The maximum atomic E-state index is 13.1. The molecule has 2 aromatic rings. The van der Waals surface area contributed by atoms with Crippen LogP contribution in [0.1, 0.15) is 12.1 Å². The summed E-state index contributed by atoms with van der Waals surface area (Å²) in [6, 6.07) is 7.23. The Bertz CT molecular complexity index is 789. The van der Waals surface area contributed by atoms with E-state index >= 15 is 0 Å². The van der Waals surface area contributed by atoms with E-state index in [0.717, 1.165) is 11.4 Å². The maximum Gasteiger partial charge on any atom is 0.242 e. The SMILES string of the molecule is Cc1ccn(CCC(=O)N2CCN(c3ccc(F)cc3)CC2C(N)=O)n1. The topological polar surface area (TPSA) is 84.5 Å². The van der Waals surface area contributed by atoms with E-state index in [-0.39, 0.29) is 18.1 Å². The molecule has 0 aliphatic carbocycles. The fourth-order valence-corrected chi connectivity index (χ4v) is 3.15. The van der Waals surface area contributed by atoms with Gasteiger partial charge >= 0.3 is 0 Å². The van der Waals surface area contributed by atoms with Gasteiger partial charge in [-0.1, -0.05) is 0 Å². The standard InChI is InChI=1S/C18H22FN5O2/c1-13-6-8-23(21-13)9-7-17(25)24-11-10-22(12-16(24)18(20)26)15-4-2-14(19)3-5-15/h2-6,8,16H,7,9-12H2,1H3,(H2,20,26). The minimum absolute atomic E-state index is 0.124. The third-order valence-electron chi connectivity index (χ3n) is 4.55. The number of hydrogen-bond donors (Lipinski definition) is 1. The molecule has 2 amide bonds. The van der Waals surface area contributed by atoms with Crippen LogP contribution in [-0.2, 0) is 16.1 Å². The Hall–Kier alpha value is -2.90. The molecule has 0 saturated carbocycles. The van der Waals surface area contributed by atoms with E-state index in [1.807, 2.05) is 24.1 Å². The number of nitrogens with two attached hydrogens (primary N) is 1. The fraction of sp³-hybridized carbons (Fsp3) is 0.389. The predicted octanol–water partition coefficient (Wildman–Crippen LogP) is 0.923. The van der Waals surface area contributed by atoms with Crippen LogP contribution in [0.2, 0.25) is 0 Å². The number of piperazine rings is 1. The van der Waals surface area contributed by atoms with Gasteiger partial charge in [0.2, 0.25) is 11.8 Å². The molecular weight excluding hydrogens is 337 g/mol. The molecular formula is C18H22FN5O2. The molecule has 0 bridgehead atoms.